The number of carbonyl (C=O) groups excluding carboxylic acids is 2. The smallest absolute Gasteiger partial charge is 0.378 e. The summed E-state index contributed by atoms with van der Waals surface area (Å²) in [4.78, 5) is 27.2. The van der Waals surface area contributed by atoms with Crippen molar-refractivity contribution in [1.29, 1.82) is 0 Å². The van der Waals surface area contributed by atoms with Crippen LogP contribution in [-0.4, -0.2) is 33.2 Å². The van der Waals surface area contributed by atoms with Crippen molar-refractivity contribution in [1.82, 2.24) is 14.8 Å². The molecule has 0 amide bonds. The molecule has 0 unspecified atom stereocenters. The second-order valence-electron chi connectivity index (χ2n) is 4.07. The van der Waals surface area contributed by atoms with Crippen molar-refractivity contribution in [2.75, 3.05) is 6.61 Å². The van der Waals surface area contributed by atoms with Crippen LogP contribution in [0, 0.1) is 0 Å². The van der Waals surface area contributed by atoms with Gasteiger partial charge in [-0.1, -0.05) is 25.7 Å². The second-order valence-corrected chi connectivity index (χ2v) is 4.07. The molecule has 6 nitrogen and oxygen atoms in total. The molecule has 0 N–H and O–H groups in total. The lowest BCUT2D eigenvalue weighted by Crippen LogP contribution is -2.13. The van der Waals surface area contributed by atoms with Gasteiger partial charge in [0.1, 0.15) is 5.82 Å². The van der Waals surface area contributed by atoms with Gasteiger partial charge in [-0.05, 0) is 18.9 Å². The van der Waals surface area contributed by atoms with Gasteiger partial charge in [0.15, 0.2) is 0 Å². The molecular weight excluding hydrogens is 258 g/mol. The molecule has 0 aromatic carbocycles. The highest BCUT2D eigenvalue weighted by Crippen LogP contribution is 2.09. The van der Waals surface area contributed by atoms with Crippen LogP contribution >= 0.6 is 0 Å². The Morgan fingerprint density at radius 2 is 2.10 bits per heavy atom. The molecule has 0 spiro atoms. The Morgan fingerprint density at radius 1 is 1.40 bits per heavy atom. The molecule has 0 radical (unpaired) electrons. The molecule has 0 bridgehead atoms. The van der Waals surface area contributed by atoms with Crippen LogP contribution in [-0.2, 0) is 11.2 Å². The first-order valence-corrected chi connectivity index (χ1v) is 6.48. The van der Waals surface area contributed by atoms with Gasteiger partial charge < -0.3 is 4.74 Å². The highest BCUT2D eigenvalue weighted by molar-refractivity contribution is 5.86. The zero-order valence-corrected chi connectivity index (χ0v) is 12.0. The fourth-order valence-corrected chi connectivity index (χ4v) is 1.67. The molecule has 20 heavy (non-hydrogen) atoms. The lowest BCUT2D eigenvalue weighted by molar-refractivity contribution is 0.0512. The number of nitrogens with zero attached hydrogens (tertiary/aromatic N) is 3. The zero-order chi connectivity index (χ0) is 15.1. The average molecular weight is 277 g/mol. The number of rotatable bonds is 6. The van der Waals surface area contributed by atoms with E-state index in [0.717, 1.165) is 16.7 Å². The first-order chi connectivity index (χ1) is 9.53. The van der Waals surface area contributed by atoms with Crippen molar-refractivity contribution in [3.8, 4) is 0 Å². The minimum Gasteiger partial charge on any atom is -0.460 e. The van der Waals surface area contributed by atoms with Gasteiger partial charge >= 0.3 is 5.97 Å². The fourth-order valence-electron chi connectivity index (χ4n) is 1.67. The molecule has 0 saturated carbocycles. The number of aromatic nitrogens is 3. The average Bonchev–Trinajstić information content (AvgIpc) is 2.82. The van der Waals surface area contributed by atoms with E-state index in [-0.39, 0.29) is 18.3 Å². The summed E-state index contributed by atoms with van der Waals surface area (Å²) in [5.41, 5.74) is 0.929. The van der Waals surface area contributed by atoms with E-state index in [4.69, 9.17) is 4.74 Å². The first-order valence-electron chi connectivity index (χ1n) is 6.48. The minimum absolute atomic E-state index is 0.100. The number of hydrogen-bond acceptors (Lipinski definition) is 5. The molecule has 1 aromatic heterocycles. The van der Waals surface area contributed by atoms with Crippen LogP contribution in [0.2, 0.25) is 0 Å². The number of allylic oxidation sites excluding steroid dienone is 3. The Morgan fingerprint density at radius 3 is 2.60 bits per heavy atom. The topological polar surface area (TPSA) is 74.1 Å². The van der Waals surface area contributed by atoms with Crippen LogP contribution in [0.5, 0.6) is 0 Å². The maximum absolute atomic E-state index is 11.6. The molecule has 0 saturated heterocycles. The Bertz CT molecular complexity index is 544. The van der Waals surface area contributed by atoms with E-state index in [2.05, 4.69) is 16.7 Å². The Balaban J connectivity index is 3.11. The largest absolute Gasteiger partial charge is 0.460 e. The van der Waals surface area contributed by atoms with E-state index in [0.29, 0.717) is 12.2 Å². The second kappa shape index (κ2) is 7.37. The van der Waals surface area contributed by atoms with Gasteiger partial charge in [0, 0.05) is 13.3 Å². The molecule has 0 fully saturated rings. The third-order valence-electron chi connectivity index (χ3n) is 2.52. The summed E-state index contributed by atoms with van der Waals surface area (Å²) in [5.74, 6) is -0.631. The van der Waals surface area contributed by atoms with E-state index in [1.165, 1.54) is 6.92 Å². The molecule has 0 aliphatic rings. The zero-order valence-electron chi connectivity index (χ0n) is 12.0. The maximum atomic E-state index is 11.6. The fraction of sp³-hybridized carbons (Fsp3) is 0.429. The van der Waals surface area contributed by atoms with Gasteiger partial charge in [-0.25, -0.2) is 9.78 Å². The summed E-state index contributed by atoms with van der Waals surface area (Å²) >= 11 is 0. The van der Waals surface area contributed by atoms with Crippen molar-refractivity contribution in [3.05, 3.63) is 36.0 Å². The van der Waals surface area contributed by atoms with Crippen molar-refractivity contribution >= 4 is 11.9 Å². The van der Waals surface area contributed by atoms with Crippen molar-refractivity contribution < 1.29 is 14.3 Å². The quantitative estimate of drug-likeness (QED) is 0.588. The van der Waals surface area contributed by atoms with Gasteiger partial charge in [0.05, 0.1) is 6.61 Å². The molecule has 1 rings (SSSR count). The van der Waals surface area contributed by atoms with Gasteiger partial charge in [0.2, 0.25) is 5.91 Å². The van der Waals surface area contributed by atoms with E-state index < -0.39 is 5.97 Å². The Labute approximate surface area is 118 Å². The third kappa shape index (κ3) is 3.88. The summed E-state index contributed by atoms with van der Waals surface area (Å²) in [5, 5.41) is 3.90. The predicted octanol–water partition coefficient (Wildman–Crippen LogP) is 2.18. The number of esters is 1. The van der Waals surface area contributed by atoms with Crippen LogP contribution in [0.3, 0.4) is 0 Å². The van der Waals surface area contributed by atoms with Crippen LogP contribution in [0.1, 0.15) is 48.4 Å². The van der Waals surface area contributed by atoms with Crippen molar-refractivity contribution in [2.45, 2.75) is 33.6 Å². The van der Waals surface area contributed by atoms with E-state index in [1.54, 1.807) is 13.0 Å². The molecule has 0 aliphatic heterocycles. The lowest BCUT2D eigenvalue weighted by atomic mass is 10.1. The summed E-state index contributed by atoms with van der Waals surface area (Å²) in [7, 11) is 0. The Hall–Kier alpha value is -2.24. The van der Waals surface area contributed by atoms with Gasteiger partial charge in [-0.3, -0.25) is 4.79 Å². The van der Waals surface area contributed by atoms with E-state index >= 15 is 0 Å². The highest BCUT2D eigenvalue weighted by Gasteiger charge is 2.19. The first kappa shape index (κ1) is 15.8. The summed E-state index contributed by atoms with van der Waals surface area (Å²) in [6, 6.07) is 0. The van der Waals surface area contributed by atoms with Crippen molar-refractivity contribution in [2.24, 2.45) is 0 Å². The van der Waals surface area contributed by atoms with Gasteiger partial charge in [0.25, 0.3) is 5.82 Å². The molecule has 0 atom stereocenters. The van der Waals surface area contributed by atoms with Crippen molar-refractivity contribution in [3.63, 3.8) is 0 Å². The maximum Gasteiger partial charge on any atom is 0.378 e. The summed E-state index contributed by atoms with van der Waals surface area (Å²) in [6.45, 7) is 9.02. The van der Waals surface area contributed by atoms with E-state index in [9.17, 15) is 9.59 Å². The summed E-state index contributed by atoms with van der Waals surface area (Å²) < 4.78 is 5.96. The number of hydrogen-bond donors (Lipinski definition) is 0. The monoisotopic (exact) mass is 277 g/mol. The Kier molecular flexibility index (Phi) is 5.83. The standard InChI is InChI=1S/C14H19N3O3/c1-5-8-11(6-2)9-12-15-13(14(19)20-7-3)16-17(12)10(4)18/h6,8H,2,5,7,9H2,1,3-4H3/b11-8+. The van der Waals surface area contributed by atoms with Crippen LogP contribution in [0.25, 0.3) is 0 Å². The highest BCUT2D eigenvalue weighted by atomic mass is 16.5. The van der Waals surface area contributed by atoms with Gasteiger partial charge in [-0.2, -0.15) is 4.68 Å². The molecule has 108 valence electrons. The third-order valence-corrected chi connectivity index (χ3v) is 2.52. The normalized spacial score (nSPS) is 11.2. The SMILES string of the molecule is C=C/C(=C\CC)Cc1nc(C(=O)OCC)nn1C(C)=O. The molecule has 6 heteroatoms. The van der Waals surface area contributed by atoms with Crippen LogP contribution in [0.4, 0.5) is 0 Å². The molecule has 1 aromatic rings. The van der Waals surface area contributed by atoms with Gasteiger partial charge in [-0.15, -0.1) is 5.10 Å². The van der Waals surface area contributed by atoms with Crippen LogP contribution in [0.15, 0.2) is 24.3 Å². The molecular formula is C14H19N3O3. The number of ether oxygens (including phenoxy) is 1. The molecule has 1 heterocycles. The summed E-state index contributed by atoms with van der Waals surface area (Å²) in [6.07, 6.45) is 4.92. The lowest BCUT2D eigenvalue weighted by Gasteiger charge is -2.02. The predicted molar refractivity (Wildman–Crippen MR) is 74.6 cm³/mol. The van der Waals surface area contributed by atoms with Crippen LogP contribution < -0.4 is 0 Å². The molecule has 0 aliphatic carbocycles. The number of carbonyl (C=O) groups is 2. The minimum atomic E-state index is -0.631. The van der Waals surface area contributed by atoms with E-state index in [1.807, 2.05) is 13.0 Å².